The van der Waals surface area contributed by atoms with Crippen molar-refractivity contribution in [3.63, 3.8) is 0 Å². The second-order valence-electron chi connectivity index (χ2n) is 9.62. The number of hydrogen-bond donors (Lipinski definition) is 0. The van der Waals surface area contributed by atoms with Crippen LogP contribution in [0.4, 0.5) is 13.2 Å². The number of ether oxygens (including phenoxy) is 2. The summed E-state index contributed by atoms with van der Waals surface area (Å²) >= 11 is 0. The first-order valence-corrected chi connectivity index (χ1v) is 12.3. The van der Waals surface area contributed by atoms with Gasteiger partial charge in [0.25, 0.3) is 0 Å². The second-order valence-corrected chi connectivity index (χ2v) is 9.62. The summed E-state index contributed by atoms with van der Waals surface area (Å²) in [6.45, 7) is 8.42. The monoisotopic (exact) mass is 516 g/mol. The van der Waals surface area contributed by atoms with E-state index < -0.39 is 17.2 Å². The standard InChI is InChI=1S/C28H31F3N2O4/c1-4-35-26(34)27(3)14-5-15-33(18-27)16-20-6-12-23(13-7-20)36-17-24-19(2)37-25(32-24)21-8-10-22(11-9-21)28(29,30)31/h6-13H,4-5,14-18H2,1-3H3. The van der Waals surface area contributed by atoms with Gasteiger partial charge in [-0.1, -0.05) is 12.1 Å². The first-order valence-electron chi connectivity index (χ1n) is 12.3. The van der Waals surface area contributed by atoms with E-state index >= 15 is 0 Å². The minimum Gasteiger partial charge on any atom is -0.487 e. The lowest BCUT2D eigenvalue weighted by molar-refractivity contribution is -0.157. The number of carbonyl (C=O) groups is 1. The normalized spacial score (nSPS) is 18.5. The first-order chi connectivity index (χ1) is 17.6. The summed E-state index contributed by atoms with van der Waals surface area (Å²) in [5.41, 5.74) is 0.947. The predicted molar refractivity (Wildman–Crippen MR) is 132 cm³/mol. The van der Waals surface area contributed by atoms with Gasteiger partial charge in [-0.2, -0.15) is 13.2 Å². The van der Waals surface area contributed by atoms with Crippen LogP contribution in [-0.2, 0) is 28.9 Å². The molecule has 2 heterocycles. The van der Waals surface area contributed by atoms with Gasteiger partial charge in [0.1, 0.15) is 23.8 Å². The molecule has 0 spiro atoms. The molecular formula is C28H31F3N2O4. The zero-order valence-electron chi connectivity index (χ0n) is 21.2. The van der Waals surface area contributed by atoms with Crippen LogP contribution >= 0.6 is 0 Å². The molecule has 6 nitrogen and oxygen atoms in total. The third-order valence-electron chi connectivity index (χ3n) is 6.60. The third kappa shape index (κ3) is 6.52. The van der Waals surface area contributed by atoms with Gasteiger partial charge >= 0.3 is 12.1 Å². The van der Waals surface area contributed by atoms with Crippen LogP contribution in [-0.4, -0.2) is 35.5 Å². The average molecular weight is 517 g/mol. The van der Waals surface area contributed by atoms with Crippen LogP contribution in [0, 0.1) is 12.3 Å². The molecule has 9 heteroatoms. The second kappa shape index (κ2) is 11.0. The highest BCUT2D eigenvalue weighted by molar-refractivity contribution is 5.76. The van der Waals surface area contributed by atoms with E-state index in [1.807, 2.05) is 38.1 Å². The summed E-state index contributed by atoms with van der Waals surface area (Å²) < 4.78 is 55.2. The van der Waals surface area contributed by atoms with E-state index in [0.717, 1.165) is 43.6 Å². The van der Waals surface area contributed by atoms with Crippen LogP contribution in [0.1, 0.15) is 49.3 Å². The Morgan fingerprint density at radius 3 is 2.49 bits per heavy atom. The summed E-state index contributed by atoms with van der Waals surface area (Å²) in [6, 6.07) is 12.5. The smallest absolute Gasteiger partial charge is 0.416 e. The number of carbonyl (C=O) groups excluding carboxylic acids is 1. The van der Waals surface area contributed by atoms with Crippen LogP contribution in [0.25, 0.3) is 11.5 Å². The van der Waals surface area contributed by atoms with Crippen molar-refractivity contribution in [3.05, 3.63) is 71.1 Å². The van der Waals surface area contributed by atoms with Crippen molar-refractivity contribution in [2.24, 2.45) is 5.41 Å². The highest BCUT2D eigenvalue weighted by Crippen LogP contribution is 2.33. The number of aryl methyl sites for hydroxylation is 1. The Bertz CT molecular complexity index is 1210. The fourth-order valence-electron chi connectivity index (χ4n) is 4.54. The molecule has 1 aliphatic rings. The molecule has 1 unspecified atom stereocenters. The molecule has 0 N–H and O–H groups in total. The van der Waals surface area contributed by atoms with Gasteiger partial charge in [0, 0.05) is 18.7 Å². The van der Waals surface area contributed by atoms with Crippen molar-refractivity contribution in [1.29, 1.82) is 0 Å². The van der Waals surface area contributed by atoms with E-state index in [0.29, 0.717) is 35.9 Å². The number of alkyl halides is 3. The largest absolute Gasteiger partial charge is 0.487 e. The summed E-state index contributed by atoms with van der Waals surface area (Å²) in [6.07, 6.45) is -2.62. The Hall–Kier alpha value is -3.33. The van der Waals surface area contributed by atoms with Gasteiger partial charge in [-0.15, -0.1) is 0 Å². The fourth-order valence-corrected chi connectivity index (χ4v) is 4.54. The van der Waals surface area contributed by atoms with E-state index in [2.05, 4.69) is 9.88 Å². The van der Waals surface area contributed by atoms with Crippen LogP contribution in [0.5, 0.6) is 5.75 Å². The van der Waals surface area contributed by atoms with Crippen LogP contribution in [0.3, 0.4) is 0 Å². The van der Waals surface area contributed by atoms with Gasteiger partial charge < -0.3 is 13.9 Å². The Morgan fingerprint density at radius 2 is 1.84 bits per heavy atom. The number of esters is 1. The van der Waals surface area contributed by atoms with Gasteiger partial charge in [0.2, 0.25) is 5.89 Å². The summed E-state index contributed by atoms with van der Waals surface area (Å²) in [7, 11) is 0. The lowest BCUT2D eigenvalue weighted by Crippen LogP contribution is -2.46. The molecule has 0 radical (unpaired) electrons. The minimum absolute atomic E-state index is 0.131. The maximum Gasteiger partial charge on any atom is 0.416 e. The Balaban J connectivity index is 1.33. The van der Waals surface area contributed by atoms with Gasteiger partial charge in [-0.3, -0.25) is 9.69 Å². The van der Waals surface area contributed by atoms with Gasteiger partial charge in [0.05, 0.1) is 17.6 Å². The van der Waals surface area contributed by atoms with E-state index in [9.17, 15) is 18.0 Å². The minimum atomic E-state index is -4.39. The predicted octanol–water partition coefficient (Wildman–Crippen LogP) is 6.41. The highest BCUT2D eigenvalue weighted by atomic mass is 19.4. The number of likely N-dealkylation sites (tertiary alicyclic amines) is 1. The molecule has 3 aromatic rings. The van der Waals surface area contributed by atoms with Crippen molar-refractivity contribution < 1.29 is 31.9 Å². The van der Waals surface area contributed by atoms with E-state index in [1.54, 1.807) is 6.92 Å². The van der Waals surface area contributed by atoms with E-state index in [-0.39, 0.29) is 18.5 Å². The Kier molecular flexibility index (Phi) is 7.92. The van der Waals surface area contributed by atoms with Gasteiger partial charge in [-0.05, 0) is 82.1 Å². The quantitative estimate of drug-likeness (QED) is 0.322. The number of aromatic nitrogens is 1. The highest BCUT2D eigenvalue weighted by Gasteiger charge is 2.39. The summed E-state index contributed by atoms with van der Waals surface area (Å²) in [5, 5.41) is 0. The zero-order chi connectivity index (χ0) is 26.6. The molecule has 1 aliphatic heterocycles. The molecule has 1 aromatic heterocycles. The van der Waals surface area contributed by atoms with Gasteiger partial charge in [-0.25, -0.2) is 4.98 Å². The summed E-state index contributed by atoms with van der Waals surface area (Å²) in [5.74, 6) is 1.32. The number of rotatable bonds is 8. The fraction of sp³-hybridized carbons (Fsp3) is 0.429. The Morgan fingerprint density at radius 1 is 1.14 bits per heavy atom. The molecule has 37 heavy (non-hydrogen) atoms. The molecule has 1 fully saturated rings. The maximum atomic E-state index is 12.8. The van der Waals surface area contributed by atoms with Crippen LogP contribution < -0.4 is 4.74 Å². The number of benzene rings is 2. The molecule has 0 bridgehead atoms. The molecule has 2 aromatic carbocycles. The number of nitrogens with zero attached hydrogens (tertiary/aromatic N) is 2. The van der Waals surface area contributed by atoms with E-state index in [4.69, 9.17) is 13.9 Å². The number of hydrogen-bond acceptors (Lipinski definition) is 6. The average Bonchev–Trinajstić information content (AvgIpc) is 3.24. The number of oxazole rings is 1. The molecule has 198 valence electrons. The topological polar surface area (TPSA) is 64.8 Å². The first kappa shape index (κ1) is 26.7. The van der Waals surface area contributed by atoms with Crippen molar-refractivity contribution in [3.8, 4) is 17.2 Å². The van der Waals surface area contributed by atoms with Crippen molar-refractivity contribution in [2.75, 3.05) is 19.7 Å². The lowest BCUT2D eigenvalue weighted by Gasteiger charge is -2.38. The third-order valence-corrected chi connectivity index (χ3v) is 6.60. The molecule has 1 atom stereocenters. The maximum absolute atomic E-state index is 12.8. The molecule has 4 rings (SSSR count). The molecule has 0 amide bonds. The number of piperidine rings is 1. The Labute approximate surface area is 214 Å². The molecule has 0 aliphatic carbocycles. The SMILES string of the molecule is CCOC(=O)C1(C)CCCN(Cc2ccc(OCc3nc(-c4ccc(C(F)(F)F)cc4)oc3C)cc2)C1. The van der Waals surface area contributed by atoms with Crippen molar-refractivity contribution >= 4 is 5.97 Å². The van der Waals surface area contributed by atoms with E-state index in [1.165, 1.54) is 12.1 Å². The number of halogens is 3. The summed E-state index contributed by atoms with van der Waals surface area (Å²) in [4.78, 5) is 19.1. The van der Waals surface area contributed by atoms with Gasteiger partial charge in [0.15, 0.2) is 0 Å². The van der Waals surface area contributed by atoms with Crippen LogP contribution in [0.15, 0.2) is 52.9 Å². The molecular weight excluding hydrogens is 485 g/mol. The molecule has 1 saturated heterocycles. The van der Waals surface area contributed by atoms with Crippen LogP contribution in [0.2, 0.25) is 0 Å². The lowest BCUT2D eigenvalue weighted by atomic mass is 9.82. The zero-order valence-corrected chi connectivity index (χ0v) is 21.2. The van der Waals surface area contributed by atoms with Crippen molar-refractivity contribution in [2.45, 2.75) is 52.9 Å². The molecule has 0 saturated carbocycles. The van der Waals surface area contributed by atoms with Crippen molar-refractivity contribution in [1.82, 2.24) is 9.88 Å².